The second kappa shape index (κ2) is 6.35. The minimum Gasteiger partial charge on any atom is -0.375 e. The maximum Gasteiger partial charge on any atom is 0.272 e. The standard InChI is InChI=1S/C14H18ClN3O4S/c1-23(20,21)18-5-6-22-12-9-17(7-10(12)8-18)14(19)11-3-2-4-13(15)16-11/h2-4,10,12H,5-9H2,1H3/t10-,12-/m1/s1. The van der Waals surface area contributed by atoms with Crippen molar-refractivity contribution >= 4 is 27.5 Å². The van der Waals surface area contributed by atoms with Gasteiger partial charge in [-0.3, -0.25) is 4.79 Å². The average molecular weight is 360 g/mol. The van der Waals surface area contributed by atoms with Crippen molar-refractivity contribution in [1.82, 2.24) is 14.2 Å². The molecule has 2 saturated heterocycles. The summed E-state index contributed by atoms with van der Waals surface area (Å²) in [6.45, 7) is 1.95. The van der Waals surface area contributed by atoms with E-state index in [1.54, 1.807) is 23.1 Å². The van der Waals surface area contributed by atoms with Crippen molar-refractivity contribution in [1.29, 1.82) is 0 Å². The minimum atomic E-state index is -3.26. The van der Waals surface area contributed by atoms with Gasteiger partial charge in [-0.15, -0.1) is 0 Å². The third-order valence-electron chi connectivity index (χ3n) is 4.18. The second-order valence-corrected chi connectivity index (χ2v) is 8.22. The lowest BCUT2D eigenvalue weighted by molar-refractivity contribution is 0.0490. The van der Waals surface area contributed by atoms with Crippen molar-refractivity contribution in [2.24, 2.45) is 5.92 Å². The fourth-order valence-electron chi connectivity index (χ4n) is 3.02. The summed E-state index contributed by atoms with van der Waals surface area (Å²) in [6.07, 6.45) is 1.05. The fourth-order valence-corrected chi connectivity index (χ4v) is 4.05. The highest BCUT2D eigenvalue weighted by Gasteiger charge is 2.40. The monoisotopic (exact) mass is 359 g/mol. The number of amides is 1. The van der Waals surface area contributed by atoms with Crippen molar-refractivity contribution in [3.63, 3.8) is 0 Å². The van der Waals surface area contributed by atoms with Gasteiger partial charge in [-0.1, -0.05) is 17.7 Å². The van der Waals surface area contributed by atoms with Crippen LogP contribution in [0, 0.1) is 5.92 Å². The van der Waals surface area contributed by atoms with E-state index < -0.39 is 10.0 Å². The third-order valence-corrected chi connectivity index (χ3v) is 5.66. The average Bonchev–Trinajstić information content (AvgIpc) is 2.77. The van der Waals surface area contributed by atoms with Gasteiger partial charge in [0.05, 0.1) is 19.0 Å². The van der Waals surface area contributed by atoms with Gasteiger partial charge in [-0.2, -0.15) is 4.31 Å². The smallest absolute Gasteiger partial charge is 0.272 e. The zero-order valence-corrected chi connectivity index (χ0v) is 14.3. The molecule has 9 heteroatoms. The maximum absolute atomic E-state index is 12.5. The Bertz CT molecular complexity index is 712. The molecule has 2 atom stereocenters. The van der Waals surface area contributed by atoms with Crippen LogP contribution in [0.25, 0.3) is 0 Å². The molecule has 7 nitrogen and oxygen atoms in total. The maximum atomic E-state index is 12.5. The number of hydrogen-bond donors (Lipinski definition) is 0. The first-order valence-corrected chi connectivity index (χ1v) is 9.56. The summed E-state index contributed by atoms with van der Waals surface area (Å²) in [5.41, 5.74) is 0.286. The van der Waals surface area contributed by atoms with Crippen LogP contribution < -0.4 is 0 Å². The molecule has 3 heterocycles. The number of likely N-dealkylation sites (tertiary alicyclic amines) is 1. The molecule has 2 fully saturated rings. The highest BCUT2D eigenvalue weighted by atomic mass is 35.5. The van der Waals surface area contributed by atoms with Crippen LogP contribution in [-0.4, -0.2) is 73.7 Å². The number of fused-ring (bicyclic) bond motifs is 1. The summed E-state index contributed by atoms with van der Waals surface area (Å²) >= 11 is 5.83. The Hall–Kier alpha value is -1.22. The van der Waals surface area contributed by atoms with Crippen molar-refractivity contribution in [3.8, 4) is 0 Å². The van der Waals surface area contributed by atoms with Crippen LogP contribution in [0.2, 0.25) is 5.15 Å². The van der Waals surface area contributed by atoms with Crippen molar-refractivity contribution in [2.75, 3.05) is 39.0 Å². The molecule has 3 rings (SSSR count). The van der Waals surface area contributed by atoms with E-state index in [9.17, 15) is 13.2 Å². The van der Waals surface area contributed by atoms with Gasteiger partial charge < -0.3 is 9.64 Å². The van der Waals surface area contributed by atoms with Crippen LogP contribution in [0.4, 0.5) is 0 Å². The Morgan fingerprint density at radius 1 is 1.35 bits per heavy atom. The number of nitrogens with zero attached hydrogens (tertiary/aromatic N) is 3. The van der Waals surface area contributed by atoms with Gasteiger partial charge in [0.2, 0.25) is 10.0 Å². The highest BCUT2D eigenvalue weighted by Crippen LogP contribution is 2.25. The SMILES string of the molecule is CS(=O)(=O)N1CCO[C@@H]2CN(C(=O)c3cccc(Cl)n3)C[C@@H]2C1. The van der Waals surface area contributed by atoms with Crippen molar-refractivity contribution in [3.05, 3.63) is 29.0 Å². The van der Waals surface area contributed by atoms with Gasteiger partial charge >= 0.3 is 0 Å². The lowest BCUT2D eigenvalue weighted by Crippen LogP contribution is -2.37. The van der Waals surface area contributed by atoms with Crippen LogP contribution in [0.5, 0.6) is 0 Å². The molecule has 0 spiro atoms. The number of carbonyl (C=O) groups excluding carboxylic acids is 1. The lowest BCUT2D eigenvalue weighted by atomic mass is 10.1. The van der Waals surface area contributed by atoms with Gasteiger partial charge in [0.25, 0.3) is 5.91 Å². The second-order valence-electron chi connectivity index (χ2n) is 5.85. The Kier molecular flexibility index (Phi) is 4.59. The Morgan fingerprint density at radius 3 is 2.83 bits per heavy atom. The molecule has 1 amide bonds. The summed E-state index contributed by atoms with van der Waals surface area (Å²) in [5, 5.41) is 0.267. The van der Waals surface area contributed by atoms with Gasteiger partial charge in [-0.05, 0) is 12.1 Å². The zero-order valence-electron chi connectivity index (χ0n) is 12.7. The van der Waals surface area contributed by atoms with E-state index in [1.165, 1.54) is 10.6 Å². The lowest BCUT2D eigenvalue weighted by Gasteiger charge is -2.21. The molecule has 0 saturated carbocycles. The summed E-state index contributed by atoms with van der Waals surface area (Å²) in [5.74, 6) is -0.245. The number of pyridine rings is 1. The number of hydrogen-bond acceptors (Lipinski definition) is 5. The van der Waals surface area contributed by atoms with E-state index in [2.05, 4.69) is 4.98 Å². The summed E-state index contributed by atoms with van der Waals surface area (Å²) in [4.78, 5) is 18.2. The van der Waals surface area contributed by atoms with Crippen molar-refractivity contribution in [2.45, 2.75) is 6.10 Å². The molecule has 23 heavy (non-hydrogen) atoms. The molecule has 0 radical (unpaired) electrons. The molecular formula is C14H18ClN3O4S. The first-order chi connectivity index (χ1) is 10.8. The molecule has 2 aliphatic rings. The zero-order chi connectivity index (χ0) is 16.6. The Labute approximate surface area is 140 Å². The van der Waals surface area contributed by atoms with Crippen LogP contribution in [-0.2, 0) is 14.8 Å². The van der Waals surface area contributed by atoms with Crippen LogP contribution >= 0.6 is 11.6 Å². The molecule has 1 aromatic heterocycles. The van der Waals surface area contributed by atoms with Crippen molar-refractivity contribution < 1.29 is 17.9 Å². The van der Waals surface area contributed by atoms with Gasteiger partial charge in [-0.25, -0.2) is 13.4 Å². The summed E-state index contributed by atoms with van der Waals surface area (Å²) < 4.78 is 30.7. The quantitative estimate of drug-likeness (QED) is 0.717. The fraction of sp³-hybridized carbons (Fsp3) is 0.571. The predicted octanol–water partition coefficient (Wildman–Crippen LogP) is 0.467. The van der Waals surface area contributed by atoms with Gasteiger partial charge in [0.1, 0.15) is 10.8 Å². The minimum absolute atomic E-state index is 0.0321. The van der Waals surface area contributed by atoms with E-state index in [1.807, 2.05) is 0 Å². The van der Waals surface area contributed by atoms with Crippen LogP contribution in [0.15, 0.2) is 18.2 Å². The largest absolute Gasteiger partial charge is 0.375 e. The van der Waals surface area contributed by atoms with Crippen LogP contribution in [0.1, 0.15) is 10.5 Å². The molecule has 0 aliphatic carbocycles. The van der Waals surface area contributed by atoms with E-state index in [0.717, 1.165) is 0 Å². The molecule has 126 valence electrons. The topological polar surface area (TPSA) is 79.8 Å². The first kappa shape index (κ1) is 16.6. The Balaban J connectivity index is 1.73. The Morgan fingerprint density at radius 2 is 2.13 bits per heavy atom. The molecule has 0 N–H and O–H groups in total. The van der Waals surface area contributed by atoms with E-state index in [4.69, 9.17) is 16.3 Å². The number of halogens is 1. The number of ether oxygens (including phenoxy) is 1. The molecule has 0 bridgehead atoms. The summed E-state index contributed by atoms with van der Waals surface area (Å²) in [7, 11) is -3.26. The van der Waals surface area contributed by atoms with Crippen LogP contribution in [0.3, 0.4) is 0 Å². The normalized spacial score (nSPS) is 25.9. The molecule has 1 aromatic rings. The number of rotatable bonds is 2. The number of carbonyl (C=O) groups is 1. The van der Waals surface area contributed by atoms with E-state index in [-0.39, 0.29) is 28.8 Å². The summed E-state index contributed by atoms with van der Waals surface area (Å²) in [6, 6.07) is 4.91. The van der Waals surface area contributed by atoms with Gasteiger partial charge in [0, 0.05) is 32.1 Å². The predicted molar refractivity (Wildman–Crippen MR) is 84.8 cm³/mol. The highest BCUT2D eigenvalue weighted by molar-refractivity contribution is 7.88. The van der Waals surface area contributed by atoms with E-state index >= 15 is 0 Å². The number of sulfonamides is 1. The molecule has 0 unspecified atom stereocenters. The number of aromatic nitrogens is 1. The third kappa shape index (κ3) is 3.65. The first-order valence-electron chi connectivity index (χ1n) is 7.33. The molecular weight excluding hydrogens is 342 g/mol. The molecule has 0 aromatic carbocycles. The van der Waals surface area contributed by atoms with E-state index in [0.29, 0.717) is 32.8 Å². The molecule has 2 aliphatic heterocycles. The van der Waals surface area contributed by atoms with Gasteiger partial charge in [0.15, 0.2) is 0 Å².